The van der Waals surface area contributed by atoms with Crippen LogP contribution in [0.3, 0.4) is 0 Å². The highest BCUT2D eigenvalue weighted by molar-refractivity contribution is 5.81. The lowest BCUT2D eigenvalue weighted by atomic mass is 10.0. The van der Waals surface area contributed by atoms with Gasteiger partial charge in [-0.25, -0.2) is 14.4 Å². The number of nitrogens with one attached hydrogen (secondary N) is 1. The second kappa shape index (κ2) is 14.2. The summed E-state index contributed by atoms with van der Waals surface area (Å²) in [6, 6.07) is 16.0. The summed E-state index contributed by atoms with van der Waals surface area (Å²) in [4.78, 5) is 32.4. The highest BCUT2D eigenvalue weighted by Gasteiger charge is 2.36. The molecule has 1 N–H and O–H groups in total. The van der Waals surface area contributed by atoms with Gasteiger partial charge in [-0.15, -0.1) is 0 Å². The number of alkyl halides is 1. The van der Waals surface area contributed by atoms with Crippen molar-refractivity contribution in [3.8, 4) is 23.2 Å². The number of aromatic nitrogens is 3. The number of piperidine rings is 1. The number of ether oxygens (including phenoxy) is 3. The van der Waals surface area contributed by atoms with E-state index in [1.807, 2.05) is 12.1 Å². The van der Waals surface area contributed by atoms with Crippen molar-refractivity contribution in [2.45, 2.75) is 50.1 Å². The van der Waals surface area contributed by atoms with Crippen molar-refractivity contribution < 1.29 is 23.4 Å². The van der Waals surface area contributed by atoms with Crippen LogP contribution in [-0.2, 0) is 14.3 Å². The number of carbonyl (C=O) groups is 1. The zero-order valence-electron chi connectivity index (χ0n) is 26.3. The lowest BCUT2D eigenvalue weighted by Crippen LogP contribution is -2.56. The fraction of sp³-hybridized carbons (Fsp3) is 0.500. The van der Waals surface area contributed by atoms with Gasteiger partial charge in [0.25, 0.3) is 5.91 Å². The second-order valence-corrected chi connectivity index (χ2v) is 12.4. The molecular weight excluding hydrogens is 603 g/mol. The van der Waals surface area contributed by atoms with E-state index in [4.69, 9.17) is 14.2 Å². The van der Waals surface area contributed by atoms with Crippen LogP contribution in [0.2, 0.25) is 0 Å². The maximum Gasteiger partial charge on any atom is 0.251 e. The van der Waals surface area contributed by atoms with Gasteiger partial charge in [-0.2, -0.15) is 10.2 Å². The summed E-state index contributed by atoms with van der Waals surface area (Å²) in [5.74, 6) is 0.890. The predicted molar refractivity (Wildman–Crippen MR) is 172 cm³/mol. The first-order valence-electron chi connectivity index (χ1n) is 16.4. The molecule has 246 valence electrons. The number of hydrogen-bond donors (Lipinski definition) is 1. The van der Waals surface area contributed by atoms with Crippen molar-refractivity contribution in [3.63, 3.8) is 0 Å². The van der Waals surface area contributed by atoms with E-state index in [1.165, 1.54) is 16.9 Å². The van der Waals surface area contributed by atoms with Gasteiger partial charge in [-0.3, -0.25) is 9.69 Å². The fourth-order valence-corrected chi connectivity index (χ4v) is 6.54. The molecule has 4 fully saturated rings. The molecule has 3 aromatic rings. The maximum atomic E-state index is 15.2. The molecule has 5 heterocycles. The Labute approximate surface area is 273 Å². The Kier molecular flexibility index (Phi) is 9.41. The van der Waals surface area contributed by atoms with Crippen LogP contribution in [0.25, 0.3) is 11.4 Å². The van der Waals surface area contributed by atoms with Crippen LogP contribution in [0.5, 0.6) is 5.75 Å². The molecule has 7 rings (SSSR count). The first-order valence-corrected chi connectivity index (χ1v) is 16.4. The van der Waals surface area contributed by atoms with E-state index < -0.39 is 18.4 Å². The Hall–Kier alpha value is -4.38. The summed E-state index contributed by atoms with van der Waals surface area (Å²) in [7, 11) is 0. The number of nitrogens with zero attached hydrogens (tertiary/aromatic N) is 7. The van der Waals surface area contributed by atoms with Gasteiger partial charge >= 0.3 is 0 Å². The number of nitriles is 1. The average molecular weight is 643 g/mol. The Morgan fingerprint density at radius 2 is 1.85 bits per heavy atom. The summed E-state index contributed by atoms with van der Waals surface area (Å²) in [6.07, 6.45) is 1.66. The third kappa shape index (κ3) is 7.15. The van der Waals surface area contributed by atoms with Crippen molar-refractivity contribution in [1.82, 2.24) is 24.8 Å². The van der Waals surface area contributed by atoms with Crippen molar-refractivity contribution >= 4 is 23.2 Å². The van der Waals surface area contributed by atoms with Gasteiger partial charge in [0.2, 0.25) is 5.95 Å². The minimum absolute atomic E-state index is 0.0553. The normalized spacial score (nSPS) is 23.9. The number of anilines is 3. The molecular formula is C34H39FN8O4. The number of halogens is 1. The summed E-state index contributed by atoms with van der Waals surface area (Å²) in [5.41, 5.74) is 2.87. The minimum Gasteiger partial charge on any atom is -0.486 e. The van der Waals surface area contributed by atoms with Gasteiger partial charge in [0, 0.05) is 62.7 Å². The van der Waals surface area contributed by atoms with Crippen LogP contribution < -0.4 is 15.0 Å². The Bertz CT molecular complexity index is 1590. The monoisotopic (exact) mass is 642 g/mol. The van der Waals surface area contributed by atoms with Gasteiger partial charge < -0.3 is 29.3 Å². The highest BCUT2D eigenvalue weighted by atomic mass is 19.1. The summed E-state index contributed by atoms with van der Waals surface area (Å²) >= 11 is 0. The molecule has 0 radical (unpaired) electrons. The number of amides is 1. The molecule has 4 saturated heterocycles. The van der Waals surface area contributed by atoms with E-state index in [9.17, 15) is 10.1 Å². The molecule has 1 aromatic heterocycles. The molecule has 3 atom stereocenters. The molecule has 12 nitrogen and oxygen atoms in total. The molecule has 1 amide bonds. The third-order valence-electron chi connectivity index (χ3n) is 9.40. The van der Waals surface area contributed by atoms with E-state index >= 15 is 4.39 Å². The molecule has 13 heteroatoms. The van der Waals surface area contributed by atoms with E-state index in [2.05, 4.69) is 48.3 Å². The van der Waals surface area contributed by atoms with E-state index in [0.717, 1.165) is 57.9 Å². The van der Waals surface area contributed by atoms with Crippen LogP contribution in [-0.4, -0.2) is 114 Å². The zero-order valence-corrected chi connectivity index (χ0v) is 26.3. The van der Waals surface area contributed by atoms with Gasteiger partial charge in [0.1, 0.15) is 30.4 Å². The van der Waals surface area contributed by atoms with E-state index in [0.29, 0.717) is 49.4 Å². The van der Waals surface area contributed by atoms with E-state index in [1.54, 1.807) is 18.2 Å². The molecule has 47 heavy (non-hydrogen) atoms. The smallest absolute Gasteiger partial charge is 0.251 e. The topological polar surface area (TPSA) is 129 Å². The fourth-order valence-electron chi connectivity index (χ4n) is 6.54. The standard InChI is InChI=1S/C34H39FN8O4/c35-28-19-43(33(44)31-3-1-2-16-46-31)11-10-30(28)47-29-9-4-23(17-24(29)18-36)32-37-22-38-34(40-32)39-25-5-7-26(8-6-25)41-12-14-42(15-13-41)27-20-45-21-27/h4-9,17,22,27-28,30-31H,1-3,10-16,19-21H2,(H,37,38,39,40)/t28-,30+,31-/m1/s1. The molecule has 0 bridgehead atoms. The van der Waals surface area contributed by atoms with E-state index in [-0.39, 0.29) is 23.8 Å². The number of rotatable bonds is 8. The predicted octanol–water partition coefficient (Wildman–Crippen LogP) is 3.56. The first-order chi connectivity index (χ1) is 23.0. The lowest BCUT2D eigenvalue weighted by molar-refractivity contribution is -0.150. The van der Waals surface area contributed by atoms with Gasteiger partial charge in [0.05, 0.1) is 31.4 Å². The Morgan fingerprint density at radius 1 is 1.02 bits per heavy atom. The van der Waals surface area contributed by atoms with Crippen molar-refractivity contribution in [2.24, 2.45) is 0 Å². The molecule has 0 saturated carbocycles. The van der Waals surface area contributed by atoms with Crippen LogP contribution in [0.15, 0.2) is 48.8 Å². The van der Waals surface area contributed by atoms with Gasteiger partial charge in [-0.05, 0) is 61.7 Å². The van der Waals surface area contributed by atoms with Crippen LogP contribution >= 0.6 is 0 Å². The van der Waals surface area contributed by atoms with Gasteiger partial charge in [-0.1, -0.05) is 0 Å². The Morgan fingerprint density at radius 3 is 2.55 bits per heavy atom. The van der Waals surface area contributed by atoms with Gasteiger partial charge in [0.15, 0.2) is 12.0 Å². The molecule has 0 spiro atoms. The second-order valence-electron chi connectivity index (χ2n) is 12.4. The molecule has 0 aliphatic carbocycles. The minimum atomic E-state index is -1.38. The maximum absolute atomic E-state index is 15.2. The number of hydrogen-bond acceptors (Lipinski definition) is 11. The first kappa shape index (κ1) is 31.2. The third-order valence-corrected chi connectivity index (χ3v) is 9.40. The Balaban J connectivity index is 0.954. The van der Waals surface area contributed by atoms with Crippen molar-refractivity contribution in [2.75, 3.05) is 69.3 Å². The van der Waals surface area contributed by atoms with Crippen LogP contribution in [0.1, 0.15) is 31.2 Å². The molecule has 4 aliphatic heterocycles. The number of likely N-dealkylation sites (tertiary alicyclic amines) is 1. The average Bonchev–Trinajstić information content (AvgIpc) is 3.09. The molecule has 2 aromatic carbocycles. The largest absolute Gasteiger partial charge is 0.486 e. The van der Waals surface area contributed by atoms with Crippen LogP contribution in [0.4, 0.5) is 21.7 Å². The summed E-state index contributed by atoms with van der Waals surface area (Å²) in [6.45, 7) is 6.63. The number of benzene rings is 2. The highest BCUT2D eigenvalue weighted by Crippen LogP contribution is 2.29. The SMILES string of the molecule is N#Cc1cc(-c2ncnc(Nc3ccc(N4CCN(C5COC5)CC4)cc3)n2)ccc1O[C@H]1CCN(C(=O)[C@H]2CCCCO2)C[C@H]1F. The quantitative estimate of drug-likeness (QED) is 0.387. The summed E-state index contributed by atoms with van der Waals surface area (Å²) < 4.78 is 32.1. The van der Waals surface area contributed by atoms with Crippen molar-refractivity contribution in [1.29, 1.82) is 5.26 Å². The number of piperazine rings is 1. The molecule has 4 aliphatic rings. The lowest BCUT2D eigenvalue weighted by Gasteiger charge is -2.43. The molecule has 0 unspecified atom stereocenters. The summed E-state index contributed by atoms with van der Waals surface area (Å²) in [5, 5.41) is 13.1. The van der Waals surface area contributed by atoms with Crippen LogP contribution in [0, 0.1) is 11.3 Å². The number of carbonyl (C=O) groups excluding carboxylic acids is 1. The van der Waals surface area contributed by atoms with Crippen molar-refractivity contribution in [3.05, 3.63) is 54.4 Å². The zero-order chi connectivity index (χ0) is 32.2.